The molecule has 22 heavy (non-hydrogen) atoms. The molecular formula is C14H15FN2O4S. The van der Waals surface area contributed by atoms with E-state index in [1.807, 2.05) is 30.3 Å². The average molecular weight is 326 g/mol. The van der Waals surface area contributed by atoms with Crippen LogP contribution in [0.5, 0.6) is 0 Å². The van der Waals surface area contributed by atoms with E-state index >= 15 is 0 Å². The molecule has 1 aliphatic rings. The predicted molar refractivity (Wildman–Crippen MR) is 75.8 cm³/mol. The molecule has 4 unspecified atom stereocenters. The number of hydrogen-bond acceptors (Lipinski definition) is 6. The highest BCUT2D eigenvalue weighted by atomic mass is 32.2. The number of ether oxygens (including phenoxy) is 1. The maximum absolute atomic E-state index is 14.0. The molecule has 2 aromatic rings. The van der Waals surface area contributed by atoms with E-state index in [1.54, 1.807) is 0 Å². The zero-order chi connectivity index (χ0) is 15.7. The van der Waals surface area contributed by atoms with Crippen molar-refractivity contribution in [2.45, 2.75) is 34.5 Å². The number of aromatic nitrogens is 2. The molecule has 0 bridgehead atoms. The van der Waals surface area contributed by atoms with Crippen LogP contribution in [0.2, 0.25) is 0 Å². The van der Waals surface area contributed by atoms with Crippen LogP contribution in [0.1, 0.15) is 6.23 Å². The van der Waals surface area contributed by atoms with Gasteiger partial charge < -0.3 is 20.1 Å². The van der Waals surface area contributed by atoms with Crippen LogP contribution in [-0.2, 0) is 4.74 Å². The molecule has 1 aromatic heterocycles. The fourth-order valence-electron chi connectivity index (χ4n) is 2.31. The molecule has 6 nitrogen and oxygen atoms in total. The normalized spacial score (nSPS) is 28.2. The standard InChI is InChI=1S/C14H15FN2O4S/c15-12-14(22-8-4-2-1-3-5-8)17(7-16-12)13-11(20)10(19)9(6-18)21-13/h1-5,7,9-11,13,18-20H,6H2. The number of halogens is 1. The second-order valence-electron chi connectivity index (χ2n) is 4.89. The van der Waals surface area contributed by atoms with Gasteiger partial charge in [0.15, 0.2) is 6.23 Å². The van der Waals surface area contributed by atoms with Crippen molar-refractivity contribution in [1.82, 2.24) is 9.55 Å². The van der Waals surface area contributed by atoms with Crippen molar-refractivity contribution in [1.29, 1.82) is 0 Å². The Morgan fingerprint density at radius 1 is 1.23 bits per heavy atom. The number of aliphatic hydroxyl groups is 3. The van der Waals surface area contributed by atoms with Gasteiger partial charge in [-0.05, 0) is 12.1 Å². The summed E-state index contributed by atoms with van der Waals surface area (Å²) in [5.74, 6) is -0.688. The van der Waals surface area contributed by atoms with E-state index in [-0.39, 0.29) is 5.03 Å². The number of aliphatic hydroxyl groups excluding tert-OH is 3. The van der Waals surface area contributed by atoms with Gasteiger partial charge in [0.05, 0.1) is 6.61 Å². The molecule has 0 amide bonds. The molecular weight excluding hydrogens is 311 g/mol. The predicted octanol–water partition coefficient (Wildman–Crippen LogP) is 0.785. The molecule has 3 rings (SSSR count). The molecule has 118 valence electrons. The highest BCUT2D eigenvalue weighted by Gasteiger charge is 2.44. The number of rotatable bonds is 4. The number of nitrogens with zero attached hydrogens (tertiary/aromatic N) is 2. The summed E-state index contributed by atoms with van der Waals surface area (Å²) in [5.41, 5.74) is 0. The number of benzene rings is 1. The third kappa shape index (κ3) is 2.75. The fourth-order valence-corrected chi connectivity index (χ4v) is 3.22. The first-order valence-electron chi connectivity index (χ1n) is 6.69. The smallest absolute Gasteiger partial charge is 0.245 e. The van der Waals surface area contributed by atoms with Crippen molar-refractivity contribution in [3.8, 4) is 0 Å². The SMILES string of the molecule is OCC1OC(n2cnc(F)c2Sc2ccccc2)C(O)C1O. The lowest BCUT2D eigenvalue weighted by molar-refractivity contribution is -0.0566. The number of imidazole rings is 1. The molecule has 8 heteroatoms. The fraction of sp³-hybridized carbons (Fsp3) is 0.357. The Hall–Kier alpha value is -1.45. The Balaban J connectivity index is 1.89. The first kappa shape index (κ1) is 15.4. The first-order valence-corrected chi connectivity index (χ1v) is 7.51. The van der Waals surface area contributed by atoms with Crippen LogP contribution in [0.3, 0.4) is 0 Å². The van der Waals surface area contributed by atoms with E-state index in [0.717, 1.165) is 16.7 Å². The van der Waals surface area contributed by atoms with Crippen LogP contribution >= 0.6 is 11.8 Å². The van der Waals surface area contributed by atoms with Gasteiger partial charge in [-0.15, -0.1) is 0 Å². The van der Waals surface area contributed by atoms with E-state index in [1.165, 1.54) is 10.9 Å². The monoisotopic (exact) mass is 326 g/mol. The summed E-state index contributed by atoms with van der Waals surface area (Å²) in [6, 6.07) is 9.14. The Bertz CT molecular complexity index is 639. The molecule has 2 heterocycles. The van der Waals surface area contributed by atoms with Gasteiger partial charge in [0.1, 0.15) is 29.7 Å². The van der Waals surface area contributed by atoms with E-state index < -0.39 is 37.1 Å². The lowest BCUT2D eigenvalue weighted by Gasteiger charge is -2.18. The van der Waals surface area contributed by atoms with Crippen LogP contribution in [0.4, 0.5) is 4.39 Å². The minimum atomic E-state index is -1.28. The molecule has 4 atom stereocenters. The lowest BCUT2D eigenvalue weighted by Crippen LogP contribution is -2.33. The van der Waals surface area contributed by atoms with Crippen LogP contribution in [0, 0.1) is 5.95 Å². The van der Waals surface area contributed by atoms with Crippen LogP contribution in [0.25, 0.3) is 0 Å². The summed E-state index contributed by atoms with van der Waals surface area (Å²) in [5, 5.41) is 29.1. The Morgan fingerprint density at radius 2 is 1.95 bits per heavy atom. The topological polar surface area (TPSA) is 87.7 Å². The minimum absolute atomic E-state index is 0.168. The van der Waals surface area contributed by atoms with Crippen LogP contribution in [-0.4, -0.2) is 49.8 Å². The molecule has 0 aliphatic carbocycles. The van der Waals surface area contributed by atoms with Crippen molar-refractivity contribution in [2.24, 2.45) is 0 Å². The quantitative estimate of drug-likeness (QED) is 0.770. The second kappa shape index (κ2) is 6.35. The highest BCUT2D eigenvalue weighted by molar-refractivity contribution is 7.99. The molecule has 1 fully saturated rings. The van der Waals surface area contributed by atoms with Crippen molar-refractivity contribution >= 4 is 11.8 Å². The Morgan fingerprint density at radius 3 is 2.59 bits per heavy atom. The lowest BCUT2D eigenvalue weighted by atomic mass is 10.1. The van der Waals surface area contributed by atoms with E-state index in [0.29, 0.717) is 0 Å². The zero-order valence-electron chi connectivity index (χ0n) is 11.4. The molecule has 3 N–H and O–H groups in total. The molecule has 1 aromatic carbocycles. The largest absolute Gasteiger partial charge is 0.394 e. The van der Waals surface area contributed by atoms with E-state index in [2.05, 4.69) is 4.98 Å². The maximum Gasteiger partial charge on any atom is 0.245 e. The van der Waals surface area contributed by atoms with Crippen molar-refractivity contribution in [3.05, 3.63) is 42.6 Å². The zero-order valence-corrected chi connectivity index (χ0v) is 12.2. The number of hydrogen-bond donors (Lipinski definition) is 3. The second-order valence-corrected chi connectivity index (χ2v) is 5.95. The maximum atomic E-state index is 14.0. The van der Waals surface area contributed by atoms with Crippen LogP contribution < -0.4 is 0 Å². The molecule has 1 aliphatic heterocycles. The van der Waals surface area contributed by atoms with E-state index in [4.69, 9.17) is 9.84 Å². The minimum Gasteiger partial charge on any atom is -0.394 e. The van der Waals surface area contributed by atoms with Gasteiger partial charge in [-0.3, -0.25) is 4.57 Å². The summed E-state index contributed by atoms with van der Waals surface area (Å²) >= 11 is 1.14. The summed E-state index contributed by atoms with van der Waals surface area (Å²) in [7, 11) is 0. The summed E-state index contributed by atoms with van der Waals surface area (Å²) in [6.07, 6.45) is -3.23. The van der Waals surface area contributed by atoms with Gasteiger partial charge in [-0.25, -0.2) is 4.98 Å². The van der Waals surface area contributed by atoms with Crippen molar-refractivity contribution < 1.29 is 24.4 Å². The third-order valence-corrected chi connectivity index (χ3v) is 4.54. The van der Waals surface area contributed by atoms with Gasteiger partial charge in [-0.1, -0.05) is 30.0 Å². The molecule has 1 saturated heterocycles. The average Bonchev–Trinajstić information content (AvgIpc) is 3.02. The first-order chi connectivity index (χ1) is 10.6. The Labute approximate surface area is 130 Å². The summed E-state index contributed by atoms with van der Waals surface area (Å²) in [6.45, 7) is -0.437. The van der Waals surface area contributed by atoms with Gasteiger partial charge >= 0.3 is 0 Å². The molecule has 0 spiro atoms. The van der Waals surface area contributed by atoms with Crippen LogP contribution in [0.15, 0.2) is 46.6 Å². The van der Waals surface area contributed by atoms with Gasteiger partial charge in [0.2, 0.25) is 5.95 Å². The molecule has 0 saturated carbocycles. The summed E-state index contributed by atoms with van der Waals surface area (Å²) < 4.78 is 20.7. The molecule has 0 radical (unpaired) electrons. The third-order valence-electron chi connectivity index (χ3n) is 3.46. The van der Waals surface area contributed by atoms with Crippen molar-refractivity contribution in [3.63, 3.8) is 0 Å². The van der Waals surface area contributed by atoms with Gasteiger partial charge in [0, 0.05) is 4.90 Å². The highest BCUT2D eigenvalue weighted by Crippen LogP contribution is 2.36. The Kier molecular flexibility index (Phi) is 4.46. The summed E-state index contributed by atoms with van der Waals surface area (Å²) in [4.78, 5) is 4.41. The van der Waals surface area contributed by atoms with Gasteiger partial charge in [-0.2, -0.15) is 4.39 Å². The van der Waals surface area contributed by atoms with E-state index in [9.17, 15) is 14.6 Å². The van der Waals surface area contributed by atoms with Gasteiger partial charge in [0.25, 0.3) is 0 Å². The van der Waals surface area contributed by atoms with Crippen molar-refractivity contribution in [2.75, 3.05) is 6.61 Å².